The molecule has 1 saturated carbocycles. The van der Waals surface area contributed by atoms with Gasteiger partial charge in [0, 0.05) is 5.75 Å². The molecule has 122 valence electrons. The van der Waals surface area contributed by atoms with Crippen molar-refractivity contribution in [2.75, 3.05) is 5.75 Å². The standard InChI is InChI=1S/C16H23NO4S/c1-16(2,3)21-15(20)17-12(14(18)19)8-22-13(17)11-7-9-4-5-10(11)6-9/h4-5,9-13H,6-8H2,1-3H3,(H,18,19)/t9?,10?,11?,12-,13?/m0/s1. The lowest BCUT2D eigenvalue weighted by atomic mass is 9.92. The Labute approximate surface area is 135 Å². The van der Waals surface area contributed by atoms with Crippen LogP contribution in [0.4, 0.5) is 4.79 Å². The van der Waals surface area contributed by atoms with Crippen LogP contribution in [0.25, 0.3) is 0 Å². The third-order valence-corrected chi connectivity index (χ3v) is 6.05. The van der Waals surface area contributed by atoms with E-state index in [9.17, 15) is 14.7 Å². The molecule has 2 fully saturated rings. The SMILES string of the molecule is CC(C)(C)OC(=O)N1C(C2CC3C=CC2C3)SC[C@H]1C(=O)O. The number of hydrogen-bond acceptors (Lipinski definition) is 4. The number of amides is 1. The number of ether oxygens (including phenoxy) is 1. The molecule has 0 radical (unpaired) electrons. The van der Waals surface area contributed by atoms with E-state index >= 15 is 0 Å². The summed E-state index contributed by atoms with van der Waals surface area (Å²) < 4.78 is 5.46. The van der Waals surface area contributed by atoms with Gasteiger partial charge in [0.05, 0.1) is 5.37 Å². The number of rotatable bonds is 2. The smallest absolute Gasteiger partial charge is 0.411 e. The first kappa shape index (κ1) is 15.7. The van der Waals surface area contributed by atoms with Crippen LogP contribution in [0, 0.1) is 17.8 Å². The molecule has 22 heavy (non-hydrogen) atoms. The van der Waals surface area contributed by atoms with E-state index in [1.54, 1.807) is 32.5 Å². The number of nitrogens with zero attached hydrogens (tertiary/aromatic N) is 1. The molecule has 5 nitrogen and oxygen atoms in total. The van der Waals surface area contributed by atoms with Gasteiger partial charge in [-0.05, 0) is 51.4 Å². The summed E-state index contributed by atoms with van der Waals surface area (Å²) in [5, 5.41) is 9.36. The van der Waals surface area contributed by atoms with Gasteiger partial charge < -0.3 is 9.84 Å². The second kappa shape index (κ2) is 5.48. The third kappa shape index (κ3) is 2.85. The van der Waals surface area contributed by atoms with Gasteiger partial charge in [0.15, 0.2) is 0 Å². The van der Waals surface area contributed by atoms with Gasteiger partial charge in [-0.1, -0.05) is 12.2 Å². The molecule has 3 aliphatic rings. The van der Waals surface area contributed by atoms with Gasteiger partial charge >= 0.3 is 12.1 Å². The molecule has 6 heteroatoms. The lowest BCUT2D eigenvalue weighted by Crippen LogP contribution is -2.50. The molecule has 0 aromatic carbocycles. The molecule has 4 unspecified atom stereocenters. The minimum Gasteiger partial charge on any atom is -0.480 e. The monoisotopic (exact) mass is 325 g/mol. The van der Waals surface area contributed by atoms with Gasteiger partial charge in [-0.15, -0.1) is 11.8 Å². The van der Waals surface area contributed by atoms with E-state index in [0.29, 0.717) is 23.5 Å². The predicted octanol–water partition coefficient (Wildman–Crippen LogP) is 2.96. The van der Waals surface area contributed by atoms with Gasteiger partial charge in [-0.2, -0.15) is 0 Å². The van der Waals surface area contributed by atoms with Crippen LogP contribution in [-0.4, -0.2) is 44.8 Å². The van der Waals surface area contributed by atoms with Crippen molar-refractivity contribution in [2.24, 2.45) is 17.8 Å². The average Bonchev–Trinajstić information content (AvgIpc) is 3.10. The van der Waals surface area contributed by atoms with E-state index in [-0.39, 0.29) is 5.37 Å². The first-order valence-electron chi connectivity index (χ1n) is 7.80. The van der Waals surface area contributed by atoms with E-state index in [1.165, 1.54) is 4.90 Å². The van der Waals surface area contributed by atoms with Crippen LogP contribution in [0.15, 0.2) is 12.2 Å². The van der Waals surface area contributed by atoms with Crippen molar-refractivity contribution in [3.63, 3.8) is 0 Å². The second-order valence-electron chi connectivity index (χ2n) is 7.41. The molecular formula is C16H23NO4S. The Kier molecular flexibility index (Phi) is 3.91. The highest BCUT2D eigenvalue weighted by atomic mass is 32.2. The number of hydrogen-bond donors (Lipinski definition) is 1. The number of thioether (sulfide) groups is 1. The first-order chi connectivity index (χ1) is 10.3. The fourth-order valence-electron chi connectivity index (χ4n) is 3.74. The van der Waals surface area contributed by atoms with Crippen molar-refractivity contribution in [1.29, 1.82) is 0 Å². The first-order valence-corrected chi connectivity index (χ1v) is 8.85. The summed E-state index contributed by atoms with van der Waals surface area (Å²) >= 11 is 1.59. The maximum Gasteiger partial charge on any atom is 0.411 e. The van der Waals surface area contributed by atoms with Crippen molar-refractivity contribution >= 4 is 23.8 Å². The highest BCUT2D eigenvalue weighted by Crippen LogP contribution is 2.50. The van der Waals surface area contributed by atoms with Gasteiger partial charge in [0.25, 0.3) is 0 Å². The van der Waals surface area contributed by atoms with Crippen molar-refractivity contribution in [3.8, 4) is 0 Å². The molecule has 0 spiro atoms. The van der Waals surface area contributed by atoms with E-state index in [2.05, 4.69) is 12.2 Å². The summed E-state index contributed by atoms with van der Waals surface area (Å²) in [4.78, 5) is 25.6. The summed E-state index contributed by atoms with van der Waals surface area (Å²) in [6.07, 6.45) is 6.18. The van der Waals surface area contributed by atoms with Gasteiger partial charge in [0.1, 0.15) is 11.6 Å². The summed E-state index contributed by atoms with van der Waals surface area (Å²) in [7, 11) is 0. The molecule has 1 aliphatic heterocycles. The molecule has 1 amide bonds. The molecule has 1 N–H and O–H groups in total. The lowest BCUT2D eigenvalue weighted by molar-refractivity contribution is -0.142. The third-order valence-electron chi connectivity index (χ3n) is 4.62. The highest BCUT2D eigenvalue weighted by molar-refractivity contribution is 8.00. The zero-order valence-corrected chi connectivity index (χ0v) is 14.0. The number of allylic oxidation sites excluding steroid dienone is 2. The van der Waals surface area contributed by atoms with Crippen LogP contribution in [0.1, 0.15) is 33.6 Å². The minimum absolute atomic E-state index is 0.0871. The molecular weight excluding hydrogens is 302 g/mol. The number of carbonyl (C=O) groups excluding carboxylic acids is 1. The number of aliphatic carboxylic acids is 1. The highest BCUT2D eigenvalue weighted by Gasteiger charge is 2.51. The molecule has 1 saturated heterocycles. The zero-order chi connectivity index (χ0) is 16.1. The van der Waals surface area contributed by atoms with Crippen LogP contribution >= 0.6 is 11.8 Å². The predicted molar refractivity (Wildman–Crippen MR) is 84.6 cm³/mol. The Morgan fingerprint density at radius 2 is 2.00 bits per heavy atom. The summed E-state index contributed by atoms with van der Waals surface area (Å²) in [6.45, 7) is 5.41. The summed E-state index contributed by atoms with van der Waals surface area (Å²) in [5.74, 6) is 0.910. The van der Waals surface area contributed by atoms with E-state index in [1.807, 2.05) is 0 Å². The van der Waals surface area contributed by atoms with Gasteiger partial charge in [0.2, 0.25) is 0 Å². The zero-order valence-electron chi connectivity index (χ0n) is 13.2. The van der Waals surface area contributed by atoms with Crippen molar-refractivity contribution in [2.45, 2.75) is 50.6 Å². The number of carboxylic acids is 1. The molecule has 0 aromatic heterocycles. The van der Waals surface area contributed by atoms with Crippen LogP contribution in [0.3, 0.4) is 0 Å². The van der Waals surface area contributed by atoms with Gasteiger partial charge in [-0.25, -0.2) is 9.59 Å². The Balaban J connectivity index is 1.81. The molecule has 3 rings (SSSR count). The molecule has 0 aromatic rings. The topological polar surface area (TPSA) is 66.8 Å². The van der Waals surface area contributed by atoms with E-state index in [4.69, 9.17) is 4.74 Å². The molecule has 2 bridgehead atoms. The lowest BCUT2D eigenvalue weighted by Gasteiger charge is -2.35. The van der Waals surface area contributed by atoms with Crippen molar-refractivity contribution in [3.05, 3.63) is 12.2 Å². The molecule has 5 atom stereocenters. The minimum atomic E-state index is -0.945. The quantitative estimate of drug-likeness (QED) is 0.791. The molecule has 1 heterocycles. The Bertz CT molecular complexity index is 513. The van der Waals surface area contributed by atoms with E-state index in [0.717, 1.165) is 12.8 Å². The van der Waals surface area contributed by atoms with E-state index < -0.39 is 23.7 Å². The maximum atomic E-state index is 12.6. The Morgan fingerprint density at radius 3 is 2.50 bits per heavy atom. The van der Waals surface area contributed by atoms with Crippen molar-refractivity contribution in [1.82, 2.24) is 4.90 Å². The van der Waals surface area contributed by atoms with Crippen LogP contribution in [0.5, 0.6) is 0 Å². The fraction of sp³-hybridized carbons (Fsp3) is 0.750. The van der Waals surface area contributed by atoms with Crippen molar-refractivity contribution < 1.29 is 19.4 Å². The maximum absolute atomic E-state index is 12.6. The Hall–Kier alpha value is -1.17. The van der Waals surface area contributed by atoms with Gasteiger partial charge in [-0.3, -0.25) is 4.90 Å². The number of carbonyl (C=O) groups is 2. The second-order valence-corrected chi connectivity index (χ2v) is 8.56. The molecule has 2 aliphatic carbocycles. The number of fused-ring (bicyclic) bond motifs is 2. The normalized spacial score (nSPS) is 36.9. The largest absolute Gasteiger partial charge is 0.480 e. The summed E-state index contributed by atoms with van der Waals surface area (Å²) in [5.41, 5.74) is -0.619. The van der Waals surface area contributed by atoms with Crippen LogP contribution in [0.2, 0.25) is 0 Å². The Morgan fingerprint density at radius 1 is 1.27 bits per heavy atom. The fourth-order valence-corrected chi connectivity index (χ4v) is 5.38. The summed E-state index contributed by atoms with van der Waals surface area (Å²) in [6, 6.07) is -0.784. The van der Waals surface area contributed by atoms with Crippen LogP contribution in [-0.2, 0) is 9.53 Å². The average molecular weight is 325 g/mol. The number of carboxylic acid groups (broad SMARTS) is 1. The van der Waals surface area contributed by atoms with Crippen LogP contribution < -0.4 is 0 Å².